The molecule has 0 aliphatic heterocycles. The van der Waals surface area contributed by atoms with Gasteiger partial charge in [-0.2, -0.15) is 0 Å². The molecule has 0 aliphatic rings. The SMILES string of the molecule is Cc1ccc(C)c(N=c2oc3ccc(Br)cc3cc2C(=O)Nc2nccs2)c1. The number of rotatable bonds is 3. The molecule has 0 saturated heterocycles. The van der Waals surface area contributed by atoms with Crippen molar-refractivity contribution >= 4 is 55.0 Å². The lowest BCUT2D eigenvalue weighted by atomic mass is 10.1. The Bertz CT molecular complexity index is 1250. The summed E-state index contributed by atoms with van der Waals surface area (Å²) in [4.78, 5) is 21.7. The fourth-order valence-corrected chi connectivity index (χ4v) is 3.65. The Kier molecular flexibility index (Phi) is 5.11. The van der Waals surface area contributed by atoms with Crippen LogP contribution in [-0.2, 0) is 0 Å². The minimum absolute atomic E-state index is 0.262. The summed E-state index contributed by atoms with van der Waals surface area (Å²) in [5.74, 6) is -0.315. The van der Waals surface area contributed by atoms with Crippen molar-refractivity contribution in [2.45, 2.75) is 13.8 Å². The highest BCUT2D eigenvalue weighted by Crippen LogP contribution is 2.22. The van der Waals surface area contributed by atoms with Crippen molar-refractivity contribution in [3.05, 3.63) is 80.8 Å². The lowest BCUT2D eigenvalue weighted by molar-refractivity contribution is 0.102. The third-order valence-corrected chi connectivity index (χ3v) is 5.37. The number of anilines is 1. The van der Waals surface area contributed by atoms with Crippen molar-refractivity contribution in [2.24, 2.45) is 4.99 Å². The van der Waals surface area contributed by atoms with Gasteiger partial charge in [0, 0.05) is 21.4 Å². The zero-order valence-electron chi connectivity index (χ0n) is 15.2. The Morgan fingerprint density at radius 3 is 2.82 bits per heavy atom. The lowest BCUT2D eigenvalue weighted by Crippen LogP contribution is -2.21. The average Bonchev–Trinajstić information content (AvgIpc) is 3.17. The van der Waals surface area contributed by atoms with Crippen LogP contribution in [0, 0.1) is 13.8 Å². The summed E-state index contributed by atoms with van der Waals surface area (Å²) in [6.45, 7) is 3.98. The second kappa shape index (κ2) is 7.69. The van der Waals surface area contributed by atoms with Gasteiger partial charge in [-0.25, -0.2) is 9.98 Å². The molecule has 140 valence electrons. The summed E-state index contributed by atoms with van der Waals surface area (Å²) in [6, 6.07) is 13.4. The molecule has 4 aromatic rings. The number of hydrogen-bond acceptors (Lipinski definition) is 5. The highest BCUT2D eigenvalue weighted by molar-refractivity contribution is 9.10. The van der Waals surface area contributed by atoms with Gasteiger partial charge in [0.2, 0.25) is 5.55 Å². The molecule has 5 nitrogen and oxygen atoms in total. The number of nitrogens with one attached hydrogen (secondary N) is 1. The third kappa shape index (κ3) is 3.90. The van der Waals surface area contributed by atoms with Crippen molar-refractivity contribution in [3.8, 4) is 0 Å². The largest absolute Gasteiger partial charge is 0.438 e. The van der Waals surface area contributed by atoms with Crippen LogP contribution in [0.4, 0.5) is 10.8 Å². The molecule has 0 spiro atoms. The van der Waals surface area contributed by atoms with Crippen LogP contribution in [-0.4, -0.2) is 10.9 Å². The van der Waals surface area contributed by atoms with Crippen LogP contribution in [0.5, 0.6) is 0 Å². The second-order valence-corrected chi connectivity index (χ2v) is 8.15. The van der Waals surface area contributed by atoms with E-state index in [4.69, 9.17) is 4.42 Å². The summed E-state index contributed by atoms with van der Waals surface area (Å²) in [6.07, 6.45) is 1.64. The monoisotopic (exact) mass is 453 g/mol. The smallest absolute Gasteiger partial charge is 0.262 e. The topological polar surface area (TPSA) is 67.5 Å². The second-order valence-electron chi connectivity index (χ2n) is 6.34. The zero-order chi connectivity index (χ0) is 19.7. The molecule has 1 amide bonds. The standard InChI is InChI=1S/C21H16BrN3O2S/c1-12-3-4-13(2)17(9-12)24-20-16(19(26)25-21-23-7-8-28-21)11-14-10-15(22)5-6-18(14)27-20/h3-11H,1-2H3,(H,23,25,26). The number of carbonyl (C=O) groups excluding carboxylic acids is 1. The molecule has 0 radical (unpaired) electrons. The molecule has 0 bridgehead atoms. The number of thiazole rings is 1. The molecule has 28 heavy (non-hydrogen) atoms. The van der Waals surface area contributed by atoms with Crippen molar-refractivity contribution in [2.75, 3.05) is 5.32 Å². The molecular formula is C21H16BrN3O2S. The number of halogens is 1. The normalized spacial score (nSPS) is 11.8. The predicted octanol–water partition coefficient (Wildman–Crippen LogP) is 5.75. The summed E-state index contributed by atoms with van der Waals surface area (Å²) < 4.78 is 6.93. The molecular weight excluding hydrogens is 438 g/mol. The minimum atomic E-state index is -0.315. The van der Waals surface area contributed by atoms with E-state index in [0.29, 0.717) is 16.3 Å². The van der Waals surface area contributed by atoms with Crippen LogP contribution in [0.3, 0.4) is 0 Å². The zero-order valence-corrected chi connectivity index (χ0v) is 17.6. The number of amides is 1. The van der Waals surface area contributed by atoms with E-state index >= 15 is 0 Å². The van der Waals surface area contributed by atoms with Crippen LogP contribution < -0.4 is 10.9 Å². The Balaban J connectivity index is 1.92. The van der Waals surface area contributed by atoms with Crippen molar-refractivity contribution in [1.29, 1.82) is 0 Å². The van der Waals surface area contributed by atoms with E-state index in [0.717, 1.165) is 26.7 Å². The van der Waals surface area contributed by atoms with E-state index in [-0.39, 0.29) is 11.5 Å². The molecule has 1 N–H and O–H groups in total. The van der Waals surface area contributed by atoms with Crippen LogP contribution in [0.15, 0.2) is 67.9 Å². The first-order valence-corrected chi connectivity index (χ1v) is 10.2. The highest BCUT2D eigenvalue weighted by Gasteiger charge is 2.14. The fourth-order valence-electron chi connectivity index (χ4n) is 2.75. The average molecular weight is 454 g/mol. The van der Waals surface area contributed by atoms with Crippen molar-refractivity contribution in [3.63, 3.8) is 0 Å². The van der Waals surface area contributed by atoms with E-state index in [1.165, 1.54) is 11.3 Å². The molecule has 0 atom stereocenters. The molecule has 2 aromatic heterocycles. The Hall–Kier alpha value is -2.77. The summed E-state index contributed by atoms with van der Waals surface area (Å²) in [5.41, 5.74) is 4.12. The number of fused-ring (bicyclic) bond motifs is 1. The third-order valence-electron chi connectivity index (χ3n) is 4.19. The van der Waals surface area contributed by atoms with Gasteiger partial charge < -0.3 is 4.42 Å². The molecule has 7 heteroatoms. The molecule has 2 heterocycles. The first-order chi connectivity index (χ1) is 13.5. The number of hydrogen-bond donors (Lipinski definition) is 1. The quantitative estimate of drug-likeness (QED) is 0.429. The van der Waals surface area contributed by atoms with Crippen LogP contribution >= 0.6 is 27.3 Å². The summed E-state index contributed by atoms with van der Waals surface area (Å²) in [5, 5.41) is 5.94. The van der Waals surface area contributed by atoms with Crippen molar-refractivity contribution in [1.82, 2.24) is 4.98 Å². The van der Waals surface area contributed by atoms with Gasteiger partial charge in [0.1, 0.15) is 11.1 Å². The number of nitrogens with zero attached hydrogens (tertiary/aromatic N) is 2. The Morgan fingerprint density at radius 2 is 2.04 bits per heavy atom. The lowest BCUT2D eigenvalue weighted by Gasteiger charge is -2.06. The van der Waals surface area contributed by atoms with Gasteiger partial charge in [-0.1, -0.05) is 28.1 Å². The summed E-state index contributed by atoms with van der Waals surface area (Å²) >= 11 is 4.81. The fraction of sp³-hybridized carbons (Fsp3) is 0.0952. The maximum atomic E-state index is 12.9. The minimum Gasteiger partial charge on any atom is -0.438 e. The van der Waals surface area contributed by atoms with E-state index in [9.17, 15) is 4.79 Å². The summed E-state index contributed by atoms with van der Waals surface area (Å²) in [7, 11) is 0. The number of benzene rings is 2. The van der Waals surface area contributed by atoms with Crippen LogP contribution in [0.25, 0.3) is 11.0 Å². The molecule has 2 aromatic carbocycles. The molecule has 0 unspecified atom stereocenters. The number of aryl methyl sites for hydroxylation is 2. The van der Waals surface area contributed by atoms with Gasteiger partial charge in [0.25, 0.3) is 5.91 Å². The predicted molar refractivity (Wildman–Crippen MR) is 115 cm³/mol. The van der Waals surface area contributed by atoms with Gasteiger partial charge in [0.15, 0.2) is 5.13 Å². The molecule has 0 saturated carbocycles. The van der Waals surface area contributed by atoms with E-state index in [1.54, 1.807) is 17.6 Å². The van der Waals surface area contributed by atoms with Gasteiger partial charge >= 0.3 is 0 Å². The number of carbonyl (C=O) groups is 1. The Morgan fingerprint density at radius 1 is 1.18 bits per heavy atom. The van der Waals surface area contributed by atoms with Gasteiger partial charge in [-0.3, -0.25) is 10.1 Å². The first kappa shape index (κ1) is 18.6. The Labute approximate surface area is 173 Å². The van der Waals surface area contributed by atoms with Gasteiger partial charge in [-0.05, 0) is 55.3 Å². The highest BCUT2D eigenvalue weighted by atomic mass is 79.9. The van der Waals surface area contributed by atoms with Crippen LogP contribution in [0.1, 0.15) is 21.5 Å². The molecule has 0 aliphatic carbocycles. The number of aromatic nitrogens is 1. The van der Waals surface area contributed by atoms with E-state index in [1.807, 2.05) is 50.2 Å². The van der Waals surface area contributed by atoms with Crippen molar-refractivity contribution < 1.29 is 9.21 Å². The first-order valence-electron chi connectivity index (χ1n) is 8.56. The van der Waals surface area contributed by atoms with Gasteiger partial charge in [-0.15, -0.1) is 11.3 Å². The molecule has 0 fully saturated rings. The maximum Gasteiger partial charge on any atom is 0.262 e. The van der Waals surface area contributed by atoms with E-state index in [2.05, 4.69) is 31.2 Å². The van der Waals surface area contributed by atoms with Gasteiger partial charge in [0.05, 0.1) is 5.69 Å². The molecule has 4 rings (SSSR count). The maximum absolute atomic E-state index is 12.9. The van der Waals surface area contributed by atoms with E-state index < -0.39 is 0 Å². The van der Waals surface area contributed by atoms with Crippen LogP contribution in [0.2, 0.25) is 0 Å².